The normalized spacial score (nSPS) is 12.2. The number of fused-ring (bicyclic) bond motifs is 1. The summed E-state index contributed by atoms with van der Waals surface area (Å²) >= 11 is 0. The van der Waals surface area contributed by atoms with Crippen LogP contribution >= 0.6 is 0 Å². The number of amides is 1. The van der Waals surface area contributed by atoms with Gasteiger partial charge in [0, 0.05) is 34.9 Å². The monoisotopic (exact) mass is 410 g/mol. The van der Waals surface area contributed by atoms with Gasteiger partial charge in [-0.15, -0.1) is 0 Å². The van der Waals surface area contributed by atoms with Gasteiger partial charge in [0.2, 0.25) is 0 Å². The molecule has 1 unspecified atom stereocenters. The number of carbonyl (C=O) groups is 1. The van der Waals surface area contributed by atoms with Crippen molar-refractivity contribution in [1.82, 2.24) is 15.8 Å². The first-order chi connectivity index (χ1) is 14.6. The number of hydrogen-bond acceptors (Lipinski definition) is 5. The summed E-state index contributed by atoms with van der Waals surface area (Å²) in [6.45, 7) is 0.623. The molecule has 0 aliphatic rings. The smallest absolute Gasteiger partial charge is 0.251 e. The Hall–Kier alpha value is -2.87. The van der Waals surface area contributed by atoms with E-state index >= 15 is 0 Å². The highest BCUT2D eigenvalue weighted by molar-refractivity contribution is 5.94. The topological polar surface area (TPSA) is 123 Å². The molecule has 0 spiro atoms. The minimum Gasteiger partial charge on any atom is -0.399 e. The van der Waals surface area contributed by atoms with Crippen LogP contribution in [0.25, 0.3) is 10.9 Å². The molecule has 0 fully saturated rings. The number of aromatic amines is 1. The number of H-pyrrole nitrogens is 1. The molecule has 0 aliphatic heterocycles. The molecule has 160 valence electrons. The Morgan fingerprint density at radius 3 is 2.60 bits per heavy atom. The number of rotatable bonds is 11. The Morgan fingerprint density at radius 1 is 1.07 bits per heavy atom. The van der Waals surface area contributed by atoms with Crippen molar-refractivity contribution in [3.05, 3.63) is 65.4 Å². The van der Waals surface area contributed by atoms with Crippen molar-refractivity contribution in [2.24, 2.45) is 0 Å². The van der Waals surface area contributed by atoms with Gasteiger partial charge < -0.3 is 26.3 Å². The highest BCUT2D eigenvalue weighted by Crippen LogP contribution is 2.23. The Morgan fingerprint density at radius 2 is 1.83 bits per heavy atom. The number of hydrogen-bond donors (Lipinski definition) is 6. The minimum atomic E-state index is -0.859. The number of aromatic nitrogens is 1. The van der Waals surface area contributed by atoms with Gasteiger partial charge in [-0.25, -0.2) is 0 Å². The Bertz CT molecular complexity index is 953. The van der Waals surface area contributed by atoms with Crippen LogP contribution in [0.4, 0.5) is 5.69 Å². The van der Waals surface area contributed by atoms with E-state index in [0.717, 1.165) is 54.3 Å². The predicted octanol–water partition coefficient (Wildman–Crippen LogP) is 3.32. The van der Waals surface area contributed by atoms with Crippen LogP contribution in [0.5, 0.6) is 0 Å². The van der Waals surface area contributed by atoms with Crippen molar-refractivity contribution < 1.29 is 15.1 Å². The van der Waals surface area contributed by atoms with E-state index in [2.05, 4.69) is 10.3 Å². The average Bonchev–Trinajstić information content (AvgIpc) is 3.15. The van der Waals surface area contributed by atoms with Crippen LogP contribution in [-0.4, -0.2) is 34.0 Å². The molecule has 7 heteroatoms. The van der Waals surface area contributed by atoms with E-state index in [1.165, 1.54) is 5.56 Å². The van der Waals surface area contributed by atoms with Crippen LogP contribution < -0.4 is 16.5 Å². The largest absolute Gasteiger partial charge is 0.399 e. The van der Waals surface area contributed by atoms with Gasteiger partial charge in [0.1, 0.15) is 6.23 Å². The molecule has 3 aromatic rings. The maximum absolute atomic E-state index is 12.3. The highest BCUT2D eigenvalue weighted by Gasteiger charge is 2.08. The van der Waals surface area contributed by atoms with Crippen molar-refractivity contribution >= 4 is 22.5 Å². The third-order valence-corrected chi connectivity index (χ3v) is 5.24. The van der Waals surface area contributed by atoms with Crippen LogP contribution in [0.1, 0.15) is 53.6 Å². The fourth-order valence-electron chi connectivity index (χ4n) is 3.52. The second-order valence-electron chi connectivity index (χ2n) is 7.60. The number of nitrogens with two attached hydrogens (primary N) is 1. The summed E-state index contributed by atoms with van der Waals surface area (Å²) in [6.07, 6.45) is 6.05. The molecule has 0 aliphatic carbocycles. The molecule has 30 heavy (non-hydrogen) atoms. The number of carbonyl (C=O) groups excluding carboxylic acids is 1. The van der Waals surface area contributed by atoms with Crippen molar-refractivity contribution in [2.75, 3.05) is 12.3 Å². The van der Waals surface area contributed by atoms with Crippen LogP contribution in [0.2, 0.25) is 0 Å². The van der Waals surface area contributed by atoms with E-state index in [4.69, 9.17) is 10.9 Å². The van der Waals surface area contributed by atoms with E-state index in [1.54, 1.807) is 0 Å². The summed E-state index contributed by atoms with van der Waals surface area (Å²) in [5, 5.41) is 21.8. The molecule has 1 atom stereocenters. The number of benzene rings is 2. The van der Waals surface area contributed by atoms with Gasteiger partial charge in [-0.3, -0.25) is 4.79 Å². The van der Waals surface area contributed by atoms with E-state index in [1.807, 2.05) is 54.1 Å². The molecule has 3 rings (SSSR count). The molecule has 1 heterocycles. The van der Waals surface area contributed by atoms with E-state index in [0.29, 0.717) is 18.5 Å². The maximum atomic E-state index is 12.3. The SMILES string of the molecule is Nc1ccc2[nH]cc(Cc3ccc(C(=O)NCCCCCCC(O)NO)cc3)c2c1. The third kappa shape index (κ3) is 6.06. The zero-order valence-electron chi connectivity index (χ0n) is 17.0. The van der Waals surface area contributed by atoms with Gasteiger partial charge in [-0.2, -0.15) is 5.48 Å². The first-order valence-corrected chi connectivity index (χ1v) is 10.4. The first kappa shape index (κ1) is 21.8. The lowest BCUT2D eigenvalue weighted by atomic mass is 10.0. The van der Waals surface area contributed by atoms with Gasteiger partial charge in [0.05, 0.1) is 0 Å². The molecule has 1 aromatic heterocycles. The van der Waals surface area contributed by atoms with E-state index in [9.17, 15) is 9.90 Å². The molecule has 0 radical (unpaired) electrons. The summed E-state index contributed by atoms with van der Waals surface area (Å²) in [4.78, 5) is 15.6. The zero-order chi connectivity index (χ0) is 21.3. The Kier molecular flexibility index (Phi) is 7.84. The molecular formula is C23H30N4O3. The molecule has 0 saturated carbocycles. The lowest BCUT2D eigenvalue weighted by Gasteiger charge is -2.08. The zero-order valence-corrected chi connectivity index (χ0v) is 17.0. The lowest BCUT2D eigenvalue weighted by Crippen LogP contribution is -2.25. The van der Waals surface area contributed by atoms with E-state index in [-0.39, 0.29) is 5.91 Å². The summed E-state index contributed by atoms with van der Waals surface area (Å²) in [5.74, 6) is -0.0682. The van der Waals surface area contributed by atoms with Crippen molar-refractivity contribution in [3.63, 3.8) is 0 Å². The Balaban J connectivity index is 1.43. The van der Waals surface area contributed by atoms with E-state index < -0.39 is 6.23 Å². The van der Waals surface area contributed by atoms with Gasteiger partial charge in [-0.05, 0) is 67.1 Å². The molecule has 2 aromatic carbocycles. The van der Waals surface area contributed by atoms with Gasteiger partial charge in [0.15, 0.2) is 0 Å². The number of nitrogens with one attached hydrogen (secondary N) is 3. The number of unbranched alkanes of at least 4 members (excludes halogenated alkanes) is 3. The molecule has 1 amide bonds. The van der Waals surface area contributed by atoms with Crippen LogP contribution in [0.3, 0.4) is 0 Å². The fourth-order valence-corrected chi connectivity index (χ4v) is 3.52. The van der Waals surface area contributed by atoms with Gasteiger partial charge in [0.25, 0.3) is 5.91 Å². The maximum Gasteiger partial charge on any atom is 0.251 e. The molecular weight excluding hydrogens is 380 g/mol. The van der Waals surface area contributed by atoms with Crippen molar-refractivity contribution in [3.8, 4) is 0 Å². The van der Waals surface area contributed by atoms with Crippen LogP contribution in [0.15, 0.2) is 48.7 Å². The number of hydroxylamine groups is 1. The summed E-state index contributed by atoms with van der Waals surface area (Å²) in [7, 11) is 0. The Labute approximate surface area is 176 Å². The molecule has 0 bridgehead atoms. The highest BCUT2D eigenvalue weighted by atomic mass is 16.5. The number of anilines is 1. The number of aliphatic hydroxyl groups is 1. The summed E-state index contributed by atoms with van der Waals surface area (Å²) < 4.78 is 0. The second-order valence-corrected chi connectivity index (χ2v) is 7.60. The number of nitrogen functional groups attached to an aromatic ring is 1. The number of aliphatic hydroxyl groups excluding tert-OH is 1. The molecule has 7 N–H and O–H groups in total. The molecule has 7 nitrogen and oxygen atoms in total. The first-order valence-electron chi connectivity index (χ1n) is 10.4. The molecule has 0 saturated heterocycles. The average molecular weight is 411 g/mol. The quantitative estimate of drug-likeness (QED) is 0.125. The van der Waals surface area contributed by atoms with Crippen molar-refractivity contribution in [1.29, 1.82) is 0 Å². The van der Waals surface area contributed by atoms with Crippen LogP contribution in [-0.2, 0) is 6.42 Å². The predicted molar refractivity (Wildman–Crippen MR) is 118 cm³/mol. The lowest BCUT2D eigenvalue weighted by molar-refractivity contribution is -0.00393. The fraction of sp³-hybridized carbons (Fsp3) is 0.348. The minimum absolute atomic E-state index is 0.0682. The standard InChI is InChI=1S/C23H30N4O3/c24-19-10-11-21-20(14-19)18(15-26-21)13-16-6-8-17(9-7-16)23(29)25-12-4-2-1-3-5-22(28)27-30/h6-11,14-15,22,26-28,30H,1-5,12-13,24H2,(H,25,29). The van der Waals surface area contributed by atoms with Gasteiger partial charge >= 0.3 is 0 Å². The second kappa shape index (κ2) is 10.8. The van der Waals surface area contributed by atoms with Crippen molar-refractivity contribution in [2.45, 2.75) is 44.8 Å². The van der Waals surface area contributed by atoms with Gasteiger partial charge in [-0.1, -0.05) is 25.0 Å². The van der Waals surface area contributed by atoms with Crippen LogP contribution in [0, 0.1) is 0 Å². The summed E-state index contributed by atoms with van der Waals surface area (Å²) in [6, 6.07) is 13.5. The summed E-state index contributed by atoms with van der Waals surface area (Å²) in [5.41, 5.74) is 12.5. The third-order valence-electron chi connectivity index (χ3n) is 5.24.